The predicted octanol–water partition coefficient (Wildman–Crippen LogP) is 2.54. The van der Waals surface area contributed by atoms with Gasteiger partial charge in [-0.15, -0.1) is 0 Å². The van der Waals surface area contributed by atoms with Crippen LogP contribution in [0.2, 0.25) is 0 Å². The Bertz CT molecular complexity index is 1070. The lowest BCUT2D eigenvalue weighted by Crippen LogP contribution is -2.70. The van der Waals surface area contributed by atoms with E-state index in [-0.39, 0.29) is 41.9 Å². The molecule has 3 aliphatic heterocycles. The van der Waals surface area contributed by atoms with Gasteiger partial charge in [0.05, 0.1) is 11.4 Å². The third-order valence-electron chi connectivity index (χ3n) is 5.68. The first kappa shape index (κ1) is 21.0. The van der Waals surface area contributed by atoms with Crippen molar-refractivity contribution in [1.29, 1.82) is 0 Å². The molecule has 5 heterocycles. The van der Waals surface area contributed by atoms with Crippen LogP contribution in [0.3, 0.4) is 0 Å². The highest BCUT2D eigenvalue weighted by Crippen LogP contribution is 2.40. The standard InChI is InChI=1S/C18H23F3N6O2S/c1-10(2)26-12(4)17(11(3)24-26)30(28,29)27-13-5-14(27)8-25(7-13)16-6-15(18(19,20)21)22-9-23-16/h6,9-10,13-14H,5,7-8H2,1-4H3. The molecule has 0 amide bonds. The fourth-order valence-corrected chi connectivity index (χ4v) is 6.64. The summed E-state index contributed by atoms with van der Waals surface area (Å²) in [4.78, 5) is 9.16. The Labute approximate surface area is 172 Å². The Morgan fingerprint density at radius 2 is 1.77 bits per heavy atom. The smallest absolute Gasteiger partial charge is 0.353 e. The van der Waals surface area contributed by atoms with E-state index < -0.39 is 21.9 Å². The number of aryl methyl sites for hydroxylation is 1. The number of rotatable bonds is 4. The van der Waals surface area contributed by atoms with Gasteiger partial charge in [-0.2, -0.15) is 22.6 Å². The summed E-state index contributed by atoms with van der Waals surface area (Å²) < 4.78 is 68.9. The summed E-state index contributed by atoms with van der Waals surface area (Å²) in [6, 6.07) is 0.294. The first-order valence-electron chi connectivity index (χ1n) is 9.64. The second kappa shape index (κ2) is 6.91. The van der Waals surface area contributed by atoms with Crippen LogP contribution in [0, 0.1) is 13.8 Å². The third kappa shape index (κ3) is 3.25. The molecule has 0 aromatic carbocycles. The van der Waals surface area contributed by atoms with E-state index in [1.54, 1.807) is 23.4 Å². The SMILES string of the molecule is Cc1nn(C(C)C)c(C)c1S(=O)(=O)N1C2CC1CN(c1cc(C(F)(F)F)ncn1)C2. The molecule has 2 bridgehead atoms. The van der Waals surface area contributed by atoms with Crippen LogP contribution in [0.25, 0.3) is 0 Å². The van der Waals surface area contributed by atoms with Crippen LogP contribution in [-0.2, 0) is 16.2 Å². The van der Waals surface area contributed by atoms with Crippen molar-refractivity contribution in [3.05, 3.63) is 29.5 Å². The van der Waals surface area contributed by atoms with Crippen molar-refractivity contribution < 1.29 is 21.6 Å². The summed E-state index contributed by atoms with van der Waals surface area (Å²) in [6.07, 6.45) is -3.00. The number of nitrogens with zero attached hydrogens (tertiary/aromatic N) is 6. The number of aromatic nitrogens is 4. The van der Waals surface area contributed by atoms with Crippen molar-refractivity contribution in [1.82, 2.24) is 24.1 Å². The molecule has 0 N–H and O–H groups in total. The summed E-state index contributed by atoms with van der Waals surface area (Å²) in [7, 11) is -3.76. The van der Waals surface area contributed by atoms with Crippen molar-refractivity contribution in [3.63, 3.8) is 0 Å². The molecule has 0 saturated carbocycles. The average molecular weight is 444 g/mol. The summed E-state index contributed by atoms with van der Waals surface area (Å²) >= 11 is 0. The van der Waals surface area contributed by atoms with Crippen LogP contribution in [0.15, 0.2) is 17.3 Å². The molecular weight excluding hydrogens is 421 g/mol. The van der Waals surface area contributed by atoms with Gasteiger partial charge in [0.25, 0.3) is 0 Å². The topological polar surface area (TPSA) is 84.2 Å². The minimum absolute atomic E-state index is 0.0274. The molecule has 3 aliphatic rings. The molecule has 30 heavy (non-hydrogen) atoms. The molecule has 12 heteroatoms. The fourth-order valence-electron chi connectivity index (χ4n) is 4.46. The van der Waals surface area contributed by atoms with E-state index >= 15 is 0 Å². The van der Waals surface area contributed by atoms with Crippen molar-refractivity contribution in [2.45, 2.75) is 63.3 Å². The van der Waals surface area contributed by atoms with E-state index in [0.29, 0.717) is 17.8 Å². The highest BCUT2D eigenvalue weighted by molar-refractivity contribution is 7.89. The summed E-state index contributed by atoms with van der Waals surface area (Å²) in [6.45, 7) is 7.85. The van der Waals surface area contributed by atoms with Gasteiger partial charge in [0.15, 0.2) is 0 Å². The molecular formula is C18H23F3N6O2S. The maximum absolute atomic E-state index is 13.4. The van der Waals surface area contributed by atoms with Gasteiger partial charge in [-0.3, -0.25) is 4.68 Å². The number of piperazine rings is 1. The lowest BCUT2D eigenvalue weighted by molar-refractivity contribution is -0.141. The van der Waals surface area contributed by atoms with Gasteiger partial charge in [-0.25, -0.2) is 18.4 Å². The zero-order chi connectivity index (χ0) is 22.0. The third-order valence-corrected chi connectivity index (χ3v) is 7.93. The van der Waals surface area contributed by atoms with Crippen molar-refractivity contribution >= 4 is 15.8 Å². The number of fused-ring (bicyclic) bond motifs is 2. The monoisotopic (exact) mass is 444 g/mol. The Morgan fingerprint density at radius 1 is 1.13 bits per heavy atom. The number of piperidine rings is 1. The minimum Gasteiger partial charge on any atom is -0.353 e. The van der Waals surface area contributed by atoms with Gasteiger partial charge < -0.3 is 4.90 Å². The first-order valence-corrected chi connectivity index (χ1v) is 11.1. The lowest BCUT2D eigenvalue weighted by atomic mass is 9.91. The van der Waals surface area contributed by atoms with Crippen LogP contribution >= 0.6 is 0 Å². The molecule has 2 atom stereocenters. The number of sulfonamides is 1. The number of hydrogen-bond donors (Lipinski definition) is 0. The van der Waals surface area contributed by atoms with Gasteiger partial charge in [-0.1, -0.05) is 0 Å². The highest BCUT2D eigenvalue weighted by atomic mass is 32.2. The summed E-state index contributed by atoms with van der Waals surface area (Å²) in [5.41, 5.74) is 0.0344. The normalized spacial score (nSPS) is 22.5. The summed E-state index contributed by atoms with van der Waals surface area (Å²) in [5.74, 6) is 0.157. The van der Waals surface area contributed by atoms with E-state index in [9.17, 15) is 21.6 Å². The van der Waals surface area contributed by atoms with Gasteiger partial charge in [0, 0.05) is 37.3 Å². The quantitative estimate of drug-likeness (QED) is 0.721. The molecule has 3 saturated heterocycles. The average Bonchev–Trinajstić information content (AvgIpc) is 2.96. The molecule has 0 radical (unpaired) electrons. The number of anilines is 1. The van der Waals surface area contributed by atoms with Crippen LogP contribution in [0.4, 0.5) is 19.0 Å². The molecule has 2 aromatic heterocycles. The van der Waals surface area contributed by atoms with Crippen molar-refractivity contribution in [2.24, 2.45) is 0 Å². The van der Waals surface area contributed by atoms with E-state index in [4.69, 9.17) is 0 Å². The van der Waals surface area contributed by atoms with E-state index in [1.807, 2.05) is 13.8 Å². The van der Waals surface area contributed by atoms with Crippen molar-refractivity contribution in [3.8, 4) is 0 Å². The molecule has 0 aliphatic carbocycles. The molecule has 5 rings (SSSR count). The Morgan fingerprint density at radius 3 is 2.30 bits per heavy atom. The molecule has 2 aromatic rings. The second-order valence-corrected chi connectivity index (χ2v) is 9.86. The van der Waals surface area contributed by atoms with E-state index in [2.05, 4.69) is 15.1 Å². The van der Waals surface area contributed by atoms with Crippen molar-refractivity contribution in [2.75, 3.05) is 18.0 Å². The first-order chi connectivity index (χ1) is 13.9. The lowest BCUT2D eigenvalue weighted by Gasteiger charge is -2.55. The van der Waals surface area contributed by atoms with Crippen LogP contribution in [0.5, 0.6) is 0 Å². The molecule has 0 spiro atoms. The Hall–Kier alpha value is -2.21. The molecule has 3 fully saturated rings. The van der Waals surface area contributed by atoms with Gasteiger partial charge in [0.2, 0.25) is 10.0 Å². The molecule has 164 valence electrons. The van der Waals surface area contributed by atoms with Crippen LogP contribution in [0.1, 0.15) is 43.4 Å². The zero-order valence-electron chi connectivity index (χ0n) is 17.0. The fraction of sp³-hybridized carbons (Fsp3) is 0.611. The highest BCUT2D eigenvalue weighted by Gasteiger charge is 2.52. The van der Waals surface area contributed by atoms with Crippen LogP contribution < -0.4 is 4.90 Å². The molecule has 2 unspecified atom stereocenters. The largest absolute Gasteiger partial charge is 0.433 e. The second-order valence-electron chi connectivity index (χ2n) is 8.08. The van der Waals surface area contributed by atoms with Gasteiger partial charge in [0.1, 0.15) is 22.7 Å². The maximum Gasteiger partial charge on any atom is 0.433 e. The zero-order valence-corrected chi connectivity index (χ0v) is 17.9. The predicted molar refractivity (Wildman–Crippen MR) is 103 cm³/mol. The van der Waals surface area contributed by atoms with Gasteiger partial charge >= 0.3 is 6.18 Å². The number of alkyl halides is 3. The maximum atomic E-state index is 13.4. The molecule has 8 nitrogen and oxygen atoms in total. The number of halogens is 3. The van der Waals surface area contributed by atoms with E-state index in [1.165, 1.54) is 4.31 Å². The Kier molecular flexibility index (Phi) is 4.84. The van der Waals surface area contributed by atoms with E-state index in [0.717, 1.165) is 12.4 Å². The Balaban J connectivity index is 1.59. The minimum atomic E-state index is -4.56. The van der Waals surface area contributed by atoms with Crippen LogP contribution in [-0.4, -0.2) is 57.6 Å². The summed E-state index contributed by atoms with van der Waals surface area (Å²) in [5, 5.41) is 4.38. The van der Waals surface area contributed by atoms with Gasteiger partial charge in [-0.05, 0) is 34.1 Å². The number of hydrogen-bond acceptors (Lipinski definition) is 6.